The highest BCUT2D eigenvalue weighted by molar-refractivity contribution is 7.97. The third-order valence-corrected chi connectivity index (χ3v) is 7.59. The predicted octanol–water partition coefficient (Wildman–Crippen LogP) is 4.68. The number of benzene rings is 2. The summed E-state index contributed by atoms with van der Waals surface area (Å²) in [6.07, 6.45) is 6.18. The smallest absolute Gasteiger partial charge is 0.284 e. The molecule has 0 saturated carbocycles. The molecule has 0 aliphatic carbocycles. The average molecular weight is 422 g/mol. The van der Waals surface area contributed by atoms with Gasteiger partial charge in [0.2, 0.25) is 0 Å². The largest absolute Gasteiger partial charge is 0.355 e. The van der Waals surface area contributed by atoms with Crippen LogP contribution in [0.2, 0.25) is 0 Å². The molecule has 0 atom stereocenters. The zero-order chi connectivity index (χ0) is 20.6. The molecule has 2 aromatic carbocycles. The van der Waals surface area contributed by atoms with E-state index in [2.05, 4.69) is 14.2 Å². The summed E-state index contributed by atoms with van der Waals surface area (Å²) in [7, 11) is 0. The van der Waals surface area contributed by atoms with E-state index >= 15 is 0 Å². The van der Waals surface area contributed by atoms with Gasteiger partial charge in [0.25, 0.3) is 5.69 Å². The van der Waals surface area contributed by atoms with Crippen molar-refractivity contribution in [2.45, 2.75) is 36.1 Å². The third kappa shape index (κ3) is 3.50. The molecule has 3 heterocycles. The first-order chi connectivity index (χ1) is 14.6. The van der Waals surface area contributed by atoms with Crippen molar-refractivity contribution in [3.63, 3.8) is 0 Å². The van der Waals surface area contributed by atoms with Crippen LogP contribution in [0, 0.1) is 10.1 Å². The molecule has 0 amide bonds. The summed E-state index contributed by atoms with van der Waals surface area (Å²) in [5.41, 5.74) is 2.12. The summed E-state index contributed by atoms with van der Waals surface area (Å²) in [5, 5.41) is 11.4. The Labute approximate surface area is 179 Å². The summed E-state index contributed by atoms with van der Waals surface area (Å²) < 4.78 is 2.40. The fourth-order valence-corrected chi connectivity index (χ4v) is 5.91. The number of piperidine rings is 1. The fraction of sp³-hybridized carbons (Fsp3) is 0.364. The molecule has 30 heavy (non-hydrogen) atoms. The molecule has 1 spiro atoms. The second-order valence-electron chi connectivity index (χ2n) is 7.95. The van der Waals surface area contributed by atoms with E-state index in [1.54, 1.807) is 24.1 Å². The van der Waals surface area contributed by atoms with Gasteiger partial charge in [-0.25, -0.2) is 9.29 Å². The molecule has 2 fully saturated rings. The molecule has 2 aliphatic heterocycles. The number of nitrogens with zero attached hydrogens (tertiary/aromatic N) is 5. The number of nitro groups is 1. The number of fused-ring (bicyclic) bond motifs is 1. The van der Waals surface area contributed by atoms with Crippen molar-refractivity contribution < 1.29 is 4.92 Å². The molecule has 0 radical (unpaired) electrons. The monoisotopic (exact) mass is 421 g/mol. The molecule has 0 bridgehead atoms. The Morgan fingerprint density at radius 3 is 2.50 bits per heavy atom. The van der Waals surface area contributed by atoms with Gasteiger partial charge in [-0.1, -0.05) is 24.3 Å². The Bertz CT molecular complexity index is 1080. The van der Waals surface area contributed by atoms with Crippen LogP contribution in [0.15, 0.2) is 59.6 Å². The highest BCUT2D eigenvalue weighted by atomic mass is 32.2. The standard InChI is InChI=1S/C22H23N5O2S/c28-27(29)19-8-3-4-9-20(19)30-26-13-5-10-22(26)11-14-25(15-12-22)21-16-23-17-6-1-2-7-18(17)24-21/h1-4,6-9,16H,5,10-15H2. The Morgan fingerprint density at radius 2 is 1.70 bits per heavy atom. The van der Waals surface area contributed by atoms with Gasteiger partial charge in [0, 0.05) is 31.2 Å². The lowest BCUT2D eigenvalue weighted by Crippen LogP contribution is -2.50. The maximum absolute atomic E-state index is 11.4. The van der Waals surface area contributed by atoms with Gasteiger partial charge in [0.15, 0.2) is 0 Å². The maximum atomic E-state index is 11.4. The van der Waals surface area contributed by atoms with Gasteiger partial charge in [-0.05, 0) is 55.8 Å². The Hall–Kier alpha value is -2.71. The van der Waals surface area contributed by atoms with Crippen LogP contribution in [0.25, 0.3) is 11.0 Å². The number of anilines is 1. The Balaban J connectivity index is 1.32. The number of rotatable bonds is 4. The van der Waals surface area contributed by atoms with Crippen molar-refractivity contribution in [2.75, 3.05) is 24.5 Å². The Morgan fingerprint density at radius 1 is 0.967 bits per heavy atom. The topological polar surface area (TPSA) is 75.4 Å². The lowest BCUT2D eigenvalue weighted by Gasteiger charge is -2.44. The van der Waals surface area contributed by atoms with E-state index < -0.39 is 0 Å². The summed E-state index contributed by atoms with van der Waals surface area (Å²) in [4.78, 5) is 23.5. The van der Waals surface area contributed by atoms with Crippen molar-refractivity contribution >= 4 is 34.5 Å². The molecular formula is C22H23N5O2S. The van der Waals surface area contributed by atoms with E-state index in [0.717, 1.165) is 67.1 Å². The molecule has 3 aromatic rings. The van der Waals surface area contributed by atoms with Gasteiger partial charge in [-0.2, -0.15) is 0 Å². The van der Waals surface area contributed by atoms with Crippen molar-refractivity contribution in [2.24, 2.45) is 0 Å². The van der Waals surface area contributed by atoms with E-state index in [4.69, 9.17) is 4.98 Å². The van der Waals surface area contributed by atoms with Crippen molar-refractivity contribution in [1.29, 1.82) is 0 Å². The third-order valence-electron chi connectivity index (χ3n) is 6.26. The van der Waals surface area contributed by atoms with E-state index in [0.29, 0.717) is 0 Å². The quantitative estimate of drug-likeness (QED) is 0.344. The maximum Gasteiger partial charge on any atom is 0.284 e. The van der Waals surface area contributed by atoms with Gasteiger partial charge >= 0.3 is 0 Å². The van der Waals surface area contributed by atoms with Gasteiger partial charge in [-0.15, -0.1) is 0 Å². The molecule has 8 heteroatoms. The normalized spacial score (nSPS) is 18.9. The van der Waals surface area contributed by atoms with E-state index in [9.17, 15) is 10.1 Å². The van der Waals surface area contributed by atoms with Crippen LogP contribution in [0.4, 0.5) is 11.5 Å². The molecule has 2 aliphatic rings. The van der Waals surface area contributed by atoms with Gasteiger partial charge in [-0.3, -0.25) is 15.1 Å². The summed E-state index contributed by atoms with van der Waals surface area (Å²) in [6.45, 7) is 2.80. The minimum atomic E-state index is -0.286. The molecule has 7 nitrogen and oxygen atoms in total. The summed E-state index contributed by atoms with van der Waals surface area (Å²) in [6, 6.07) is 15.0. The number of hydrogen-bond donors (Lipinski definition) is 0. The number of para-hydroxylation sites is 3. The second-order valence-corrected chi connectivity index (χ2v) is 9.01. The highest BCUT2D eigenvalue weighted by Gasteiger charge is 2.44. The lowest BCUT2D eigenvalue weighted by molar-refractivity contribution is -0.387. The molecule has 5 rings (SSSR count). The molecule has 2 saturated heterocycles. The van der Waals surface area contributed by atoms with Crippen LogP contribution in [0.1, 0.15) is 25.7 Å². The van der Waals surface area contributed by atoms with E-state index in [-0.39, 0.29) is 16.1 Å². The fourth-order valence-electron chi connectivity index (χ4n) is 4.61. The van der Waals surface area contributed by atoms with Crippen LogP contribution in [-0.2, 0) is 0 Å². The summed E-state index contributed by atoms with van der Waals surface area (Å²) in [5.74, 6) is 0.930. The van der Waals surface area contributed by atoms with Crippen LogP contribution >= 0.6 is 11.9 Å². The zero-order valence-electron chi connectivity index (χ0n) is 16.6. The predicted molar refractivity (Wildman–Crippen MR) is 119 cm³/mol. The molecule has 0 N–H and O–H groups in total. The number of aromatic nitrogens is 2. The van der Waals surface area contributed by atoms with Crippen molar-refractivity contribution in [3.8, 4) is 0 Å². The first kappa shape index (κ1) is 19.3. The first-order valence-electron chi connectivity index (χ1n) is 10.3. The summed E-state index contributed by atoms with van der Waals surface area (Å²) >= 11 is 1.56. The highest BCUT2D eigenvalue weighted by Crippen LogP contribution is 2.46. The van der Waals surface area contributed by atoms with Crippen molar-refractivity contribution in [1.82, 2.24) is 14.3 Å². The van der Waals surface area contributed by atoms with E-state index in [1.165, 1.54) is 0 Å². The van der Waals surface area contributed by atoms with Crippen LogP contribution in [-0.4, -0.2) is 44.4 Å². The first-order valence-corrected chi connectivity index (χ1v) is 11.1. The number of nitro benzene ring substituents is 1. The van der Waals surface area contributed by atoms with Gasteiger partial charge in [0.05, 0.1) is 22.2 Å². The molecule has 154 valence electrons. The lowest BCUT2D eigenvalue weighted by atomic mass is 9.86. The molecule has 0 unspecified atom stereocenters. The van der Waals surface area contributed by atoms with Crippen molar-refractivity contribution in [3.05, 3.63) is 64.8 Å². The SMILES string of the molecule is O=[N+]([O-])c1ccccc1SN1CCCC12CCN(c1cnc3ccccc3n1)CC2. The van der Waals surface area contributed by atoms with E-state index in [1.807, 2.05) is 42.6 Å². The Kier molecular flexibility index (Phi) is 5.04. The van der Waals surface area contributed by atoms with Gasteiger partial charge < -0.3 is 4.90 Å². The van der Waals surface area contributed by atoms with Crippen LogP contribution in [0.3, 0.4) is 0 Å². The molecular weight excluding hydrogens is 398 g/mol. The minimum absolute atomic E-state index is 0.0924. The minimum Gasteiger partial charge on any atom is -0.355 e. The number of hydrogen-bond acceptors (Lipinski definition) is 7. The van der Waals surface area contributed by atoms with Gasteiger partial charge in [0.1, 0.15) is 10.7 Å². The average Bonchev–Trinajstić information content (AvgIpc) is 3.15. The molecule has 1 aromatic heterocycles. The van der Waals surface area contributed by atoms with Crippen LogP contribution < -0.4 is 4.90 Å². The zero-order valence-corrected chi connectivity index (χ0v) is 17.4. The second kappa shape index (κ2) is 7.85. The van der Waals surface area contributed by atoms with Crippen LogP contribution in [0.5, 0.6) is 0 Å².